The molecule has 4 amide bonds. The normalized spacial score (nSPS) is 25.1. The summed E-state index contributed by atoms with van der Waals surface area (Å²) in [4.78, 5) is 40.2. The second-order valence-corrected chi connectivity index (χ2v) is 6.78. The van der Waals surface area contributed by atoms with Crippen molar-refractivity contribution >= 4 is 17.8 Å². The van der Waals surface area contributed by atoms with Crippen LogP contribution < -0.4 is 5.32 Å². The number of nitrogens with one attached hydrogen (secondary N) is 1. The molecule has 1 aliphatic carbocycles. The van der Waals surface area contributed by atoms with Crippen molar-refractivity contribution in [3.63, 3.8) is 0 Å². The number of nitrogens with zero attached hydrogens (tertiary/aromatic N) is 2. The zero-order chi connectivity index (χ0) is 15.7. The van der Waals surface area contributed by atoms with E-state index in [4.69, 9.17) is 0 Å². The molecule has 122 valence electrons. The molecule has 2 aliphatic heterocycles. The third-order valence-electron chi connectivity index (χ3n) is 5.33. The van der Waals surface area contributed by atoms with Gasteiger partial charge in [0.25, 0.3) is 5.91 Å². The highest BCUT2D eigenvalue weighted by Crippen LogP contribution is 2.32. The van der Waals surface area contributed by atoms with Crippen molar-refractivity contribution in [1.29, 1.82) is 0 Å². The molecule has 0 aromatic carbocycles. The Balaban J connectivity index is 1.62. The molecule has 1 spiro atoms. The lowest BCUT2D eigenvalue weighted by Gasteiger charge is -2.38. The summed E-state index contributed by atoms with van der Waals surface area (Å²) in [6.07, 6.45) is 6.14. The molecule has 2 heterocycles. The Kier molecular flexibility index (Phi) is 4.10. The summed E-state index contributed by atoms with van der Waals surface area (Å²) in [6, 6.07) is -0.276. The first kappa shape index (κ1) is 15.3. The fourth-order valence-electron chi connectivity index (χ4n) is 3.98. The number of carbonyl (C=O) groups is 3. The maximum absolute atomic E-state index is 12.6. The topological polar surface area (TPSA) is 69.7 Å². The molecular formula is C16H25N3O3. The number of rotatable bonds is 3. The highest BCUT2D eigenvalue weighted by Gasteiger charge is 2.52. The fraction of sp³-hybridized carbons (Fsp3) is 0.812. The smallest absolute Gasteiger partial charge is 0.325 e. The summed E-state index contributed by atoms with van der Waals surface area (Å²) in [5, 5.41) is 2.88. The molecule has 0 aromatic rings. The molecule has 3 rings (SSSR count). The summed E-state index contributed by atoms with van der Waals surface area (Å²) in [5.74, 6) is 0.321. The van der Waals surface area contributed by atoms with Crippen LogP contribution in [0, 0.1) is 5.92 Å². The van der Waals surface area contributed by atoms with Gasteiger partial charge in [-0.15, -0.1) is 0 Å². The van der Waals surface area contributed by atoms with Gasteiger partial charge in [-0.25, -0.2) is 4.79 Å². The second-order valence-electron chi connectivity index (χ2n) is 6.78. The number of hydrogen-bond donors (Lipinski definition) is 1. The Hall–Kier alpha value is -1.59. The van der Waals surface area contributed by atoms with Gasteiger partial charge in [0, 0.05) is 25.6 Å². The molecule has 6 heteroatoms. The van der Waals surface area contributed by atoms with Crippen LogP contribution in [-0.2, 0) is 9.59 Å². The van der Waals surface area contributed by atoms with E-state index in [1.807, 2.05) is 11.8 Å². The molecule has 3 fully saturated rings. The lowest BCUT2D eigenvalue weighted by Crippen LogP contribution is -2.56. The standard InChI is InChI=1S/C16H25N3O3/c1-2-9-19-14(21)16(17-15(19)22)7-10-18(11-8-16)13(20)12-5-3-4-6-12/h12H,2-11H2,1H3,(H,17,22). The number of amides is 4. The van der Waals surface area contributed by atoms with Crippen LogP contribution in [-0.4, -0.2) is 52.8 Å². The maximum Gasteiger partial charge on any atom is 0.325 e. The monoisotopic (exact) mass is 307 g/mol. The Morgan fingerprint density at radius 3 is 2.45 bits per heavy atom. The number of imide groups is 1. The number of carbonyl (C=O) groups excluding carboxylic acids is 3. The van der Waals surface area contributed by atoms with E-state index in [1.165, 1.54) is 4.90 Å². The van der Waals surface area contributed by atoms with Crippen LogP contribution in [0.4, 0.5) is 4.79 Å². The zero-order valence-electron chi connectivity index (χ0n) is 13.3. The number of piperidine rings is 1. The van der Waals surface area contributed by atoms with Gasteiger partial charge >= 0.3 is 6.03 Å². The van der Waals surface area contributed by atoms with Crippen molar-refractivity contribution in [3.8, 4) is 0 Å². The summed E-state index contributed by atoms with van der Waals surface area (Å²) in [6.45, 7) is 3.56. The first-order valence-electron chi connectivity index (χ1n) is 8.50. The van der Waals surface area contributed by atoms with Crippen LogP contribution in [0.5, 0.6) is 0 Å². The highest BCUT2D eigenvalue weighted by molar-refractivity contribution is 6.07. The molecule has 0 unspecified atom stereocenters. The van der Waals surface area contributed by atoms with Gasteiger partial charge in [-0.3, -0.25) is 14.5 Å². The average molecular weight is 307 g/mol. The number of hydrogen-bond acceptors (Lipinski definition) is 3. The molecule has 0 bridgehead atoms. The van der Waals surface area contributed by atoms with Crippen LogP contribution in [0.1, 0.15) is 51.9 Å². The molecule has 0 radical (unpaired) electrons. The number of urea groups is 1. The quantitative estimate of drug-likeness (QED) is 0.803. The molecule has 6 nitrogen and oxygen atoms in total. The summed E-state index contributed by atoms with van der Waals surface area (Å²) in [7, 11) is 0. The molecule has 3 aliphatic rings. The Morgan fingerprint density at radius 1 is 1.23 bits per heavy atom. The van der Waals surface area contributed by atoms with Gasteiger partial charge in [0.2, 0.25) is 5.91 Å². The van der Waals surface area contributed by atoms with E-state index >= 15 is 0 Å². The first-order valence-corrected chi connectivity index (χ1v) is 8.50. The molecule has 22 heavy (non-hydrogen) atoms. The SMILES string of the molecule is CCCN1C(=O)NC2(CCN(C(=O)C3CCCC3)CC2)C1=O. The molecule has 0 aromatic heterocycles. The van der Waals surface area contributed by atoms with E-state index in [1.54, 1.807) is 0 Å². The number of likely N-dealkylation sites (tertiary alicyclic amines) is 1. The van der Waals surface area contributed by atoms with E-state index in [2.05, 4.69) is 5.32 Å². The Labute approximate surface area is 131 Å². The van der Waals surface area contributed by atoms with Crippen molar-refractivity contribution in [2.24, 2.45) is 5.92 Å². The summed E-state index contributed by atoms with van der Waals surface area (Å²) >= 11 is 0. The van der Waals surface area contributed by atoms with Crippen LogP contribution in [0.25, 0.3) is 0 Å². The first-order chi connectivity index (χ1) is 10.6. The van der Waals surface area contributed by atoms with Crippen LogP contribution >= 0.6 is 0 Å². The molecular weight excluding hydrogens is 282 g/mol. The minimum absolute atomic E-state index is 0.104. The van der Waals surface area contributed by atoms with Gasteiger partial charge < -0.3 is 10.2 Å². The predicted molar refractivity (Wildman–Crippen MR) is 81.0 cm³/mol. The fourth-order valence-corrected chi connectivity index (χ4v) is 3.98. The van der Waals surface area contributed by atoms with Crippen molar-refractivity contribution in [2.45, 2.75) is 57.4 Å². The van der Waals surface area contributed by atoms with E-state index < -0.39 is 5.54 Å². The van der Waals surface area contributed by atoms with Gasteiger partial charge in [-0.1, -0.05) is 19.8 Å². The van der Waals surface area contributed by atoms with Gasteiger partial charge in [-0.2, -0.15) is 0 Å². The Morgan fingerprint density at radius 2 is 1.86 bits per heavy atom. The maximum atomic E-state index is 12.6. The molecule has 1 saturated carbocycles. The summed E-state index contributed by atoms with van der Waals surface area (Å²) < 4.78 is 0. The largest absolute Gasteiger partial charge is 0.342 e. The third kappa shape index (κ3) is 2.48. The minimum atomic E-state index is -0.765. The molecule has 2 saturated heterocycles. The predicted octanol–water partition coefficient (Wildman–Crippen LogP) is 1.50. The average Bonchev–Trinajstić information content (AvgIpc) is 3.12. The zero-order valence-corrected chi connectivity index (χ0v) is 13.3. The lowest BCUT2D eigenvalue weighted by molar-refractivity contribution is -0.141. The van der Waals surface area contributed by atoms with Crippen LogP contribution in [0.15, 0.2) is 0 Å². The van der Waals surface area contributed by atoms with Crippen molar-refractivity contribution in [1.82, 2.24) is 15.1 Å². The van der Waals surface area contributed by atoms with Crippen LogP contribution in [0.2, 0.25) is 0 Å². The van der Waals surface area contributed by atoms with E-state index in [9.17, 15) is 14.4 Å². The van der Waals surface area contributed by atoms with Crippen molar-refractivity contribution in [2.75, 3.05) is 19.6 Å². The van der Waals surface area contributed by atoms with E-state index in [0.29, 0.717) is 32.5 Å². The third-order valence-corrected chi connectivity index (χ3v) is 5.33. The lowest BCUT2D eigenvalue weighted by atomic mass is 9.87. The van der Waals surface area contributed by atoms with Crippen molar-refractivity contribution in [3.05, 3.63) is 0 Å². The van der Waals surface area contributed by atoms with Gasteiger partial charge in [0.05, 0.1) is 0 Å². The highest BCUT2D eigenvalue weighted by atomic mass is 16.2. The van der Waals surface area contributed by atoms with E-state index in [0.717, 1.165) is 32.1 Å². The minimum Gasteiger partial charge on any atom is -0.342 e. The van der Waals surface area contributed by atoms with Crippen molar-refractivity contribution < 1.29 is 14.4 Å². The summed E-state index contributed by atoms with van der Waals surface area (Å²) in [5.41, 5.74) is -0.765. The van der Waals surface area contributed by atoms with Gasteiger partial charge in [0.15, 0.2) is 0 Å². The Bertz CT molecular complexity index is 477. The van der Waals surface area contributed by atoms with Gasteiger partial charge in [-0.05, 0) is 32.1 Å². The van der Waals surface area contributed by atoms with Crippen LogP contribution in [0.3, 0.4) is 0 Å². The van der Waals surface area contributed by atoms with E-state index in [-0.39, 0.29) is 23.8 Å². The van der Waals surface area contributed by atoms with Gasteiger partial charge in [0.1, 0.15) is 5.54 Å². The second kappa shape index (κ2) is 5.89. The molecule has 0 atom stereocenters. The molecule has 1 N–H and O–H groups in total.